The van der Waals surface area contributed by atoms with Gasteiger partial charge in [-0.2, -0.15) is 0 Å². The molecule has 0 bridgehead atoms. The Kier molecular flexibility index (Phi) is 5.64. The van der Waals surface area contributed by atoms with Crippen LogP contribution in [-0.4, -0.2) is 39.7 Å². The van der Waals surface area contributed by atoms with E-state index in [9.17, 15) is 9.90 Å². The maximum Gasteiger partial charge on any atom is 0.267 e. The summed E-state index contributed by atoms with van der Waals surface area (Å²) >= 11 is 0. The van der Waals surface area contributed by atoms with Crippen LogP contribution in [0.25, 0.3) is 0 Å². The molecule has 7 heteroatoms. The molecule has 2 heterocycles. The first-order valence-corrected chi connectivity index (χ1v) is 10.7. The zero-order valence-corrected chi connectivity index (χ0v) is 17.7. The summed E-state index contributed by atoms with van der Waals surface area (Å²) in [4.78, 5) is 22.7. The highest BCUT2D eigenvalue weighted by molar-refractivity contribution is 6.10. The molecule has 2 aliphatic rings. The summed E-state index contributed by atoms with van der Waals surface area (Å²) in [5, 5.41) is 10.1. The fraction of sp³-hybridized carbons (Fsp3) is 0.522. The highest BCUT2D eigenvalue weighted by Gasteiger charge is 2.30. The highest BCUT2D eigenvalue weighted by Crippen LogP contribution is 2.39. The second-order valence-corrected chi connectivity index (χ2v) is 9.07. The van der Waals surface area contributed by atoms with Crippen molar-refractivity contribution in [2.24, 2.45) is 5.92 Å². The van der Waals surface area contributed by atoms with Gasteiger partial charge in [-0.1, -0.05) is 12.1 Å². The molecule has 1 saturated carbocycles. The maximum absolute atomic E-state index is 13.1. The number of hydrogen-bond acceptors (Lipinski definition) is 6. The summed E-state index contributed by atoms with van der Waals surface area (Å²) in [7, 11) is 0. The topological polar surface area (TPSA) is 102 Å². The van der Waals surface area contributed by atoms with Crippen LogP contribution in [0.2, 0.25) is 0 Å². The van der Waals surface area contributed by atoms with E-state index >= 15 is 0 Å². The van der Waals surface area contributed by atoms with E-state index in [1.165, 1.54) is 11.9 Å². The average molecular weight is 411 g/mol. The van der Waals surface area contributed by atoms with Crippen molar-refractivity contribution in [1.82, 2.24) is 9.97 Å². The van der Waals surface area contributed by atoms with Crippen LogP contribution in [0.1, 0.15) is 67.8 Å². The van der Waals surface area contributed by atoms with E-state index in [-0.39, 0.29) is 23.2 Å². The van der Waals surface area contributed by atoms with Crippen molar-refractivity contribution >= 4 is 17.4 Å². The van der Waals surface area contributed by atoms with Crippen molar-refractivity contribution in [3.8, 4) is 5.88 Å². The Morgan fingerprint density at radius 2 is 1.87 bits per heavy atom. The fourth-order valence-electron chi connectivity index (χ4n) is 4.74. The molecule has 30 heavy (non-hydrogen) atoms. The number of nitrogens with two attached hydrogens (primary N) is 1. The number of aliphatic hydroxyl groups is 1. The van der Waals surface area contributed by atoms with Crippen LogP contribution in [0, 0.1) is 5.92 Å². The van der Waals surface area contributed by atoms with Gasteiger partial charge in [0.05, 0.1) is 12.1 Å². The van der Waals surface area contributed by atoms with E-state index in [4.69, 9.17) is 10.5 Å². The second-order valence-electron chi connectivity index (χ2n) is 9.07. The summed E-state index contributed by atoms with van der Waals surface area (Å²) in [5.74, 6) is 1.28. The highest BCUT2D eigenvalue weighted by atomic mass is 16.5. The van der Waals surface area contributed by atoms with E-state index in [1.54, 1.807) is 4.90 Å². The number of aromatic nitrogens is 2. The predicted molar refractivity (Wildman–Crippen MR) is 116 cm³/mol. The van der Waals surface area contributed by atoms with E-state index in [0.717, 1.165) is 37.8 Å². The van der Waals surface area contributed by atoms with Crippen LogP contribution in [-0.2, 0) is 0 Å². The number of carbonyl (C=O) groups excluding carboxylic acids is 1. The maximum atomic E-state index is 13.1. The third-order valence-electron chi connectivity index (χ3n) is 6.17. The molecule has 1 aromatic carbocycles. The molecule has 0 radical (unpaired) electrons. The Labute approximate surface area is 177 Å². The monoisotopic (exact) mass is 410 g/mol. The van der Waals surface area contributed by atoms with Crippen LogP contribution in [0.5, 0.6) is 5.88 Å². The molecule has 1 amide bonds. The molecule has 1 aliphatic heterocycles. The second kappa shape index (κ2) is 8.22. The minimum absolute atomic E-state index is 0.135. The third kappa shape index (κ3) is 4.41. The number of rotatable bonds is 4. The number of carbonyl (C=O) groups is 1. The molecule has 0 saturated heterocycles. The van der Waals surface area contributed by atoms with Crippen LogP contribution < -0.4 is 15.4 Å². The molecular formula is C23H30N4O3. The minimum Gasteiger partial charge on any atom is -0.475 e. The van der Waals surface area contributed by atoms with Gasteiger partial charge in [0.1, 0.15) is 24.3 Å². The Morgan fingerprint density at radius 1 is 1.17 bits per heavy atom. The van der Waals surface area contributed by atoms with E-state index in [2.05, 4.69) is 22.1 Å². The van der Waals surface area contributed by atoms with Gasteiger partial charge in [-0.25, -0.2) is 9.97 Å². The molecule has 7 nitrogen and oxygen atoms in total. The molecular weight excluding hydrogens is 380 g/mol. The van der Waals surface area contributed by atoms with Crippen molar-refractivity contribution < 1.29 is 14.6 Å². The van der Waals surface area contributed by atoms with Gasteiger partial charge in [0, 0.05) is 5.69 Å². The average Bonchev–Trinajstić information content (AvgIpc) is 2.87. The molecule has 0 spiro atoms. The van der Waals surface area contributed by atoms with E-state index in [0.29, 0.717) is 25.0 Å². The van der Waals surface area contributed by atoms with Gasteiger partial charge in [0.2, 0.25) is 5.88 Å². The van der Waals surface area contributed by atoms with Crippen molar-refractivity contribution in [1.29, 1.82) is 0 Å². The summed E-state index contributed by atoms with van der Waals surface area (Å²) < 4.78 is 5.60. The van der Waals surface area contributed by atoms with Crippen LogP contribution in [0.15, 0.2) is 30.6 Å². The van der Waals surface area contributed by atoms with Gasteiger partial charge in [0.25, 0.3) is 5.91 Å². The minimum atomic E-state index is -0.588. The van der Waals surface area contributed by atoms with Crippen molar-refractivity contribution in [3.63, 3.8) is 0 Å². The number of amides is 1. The number of ether oxygens (including phenoxy) is 1. The number of hydrogen-bond donors (Lipinski definition) is 2. The number of benzene rings is 1. The Balaban J connectivity index is 1.45. The first-order chi connectivity index (χ1) is 14.3. The van der Waals surface area contributed by atoms with Crippen molar-refractivity contribution in [2.75, 3.05) is 23.8 Å². The number of anilines is 2. The van der Waals surface area contributed by atoms with Crippen LogP contribution in [0.3, 0.4) is 0 Å². The normalized spacial score (nSPS) is 22.2. The molecule has 2 aromatic rings. The van der Waals surface area contributed by atoms with Gasteiger partial charge >= 0.3 is 0 Å². The summed E-state index contributed by atoms with van der Waals surface area (Å²) in [6.45, 7) is 4.56. The van der Waals surface area contributed by atoms with Gasteiger partial charge < -0.3 is 20.5 Å². The lowest BCUT2D eigenvalue weighted by Crippen LogP contribution is -2.32. The summed E-state index contributed by atoms with van der Waals surface area (Å²) in [5.41, 5.74) is 7.68. The Hall–Kier alpha value is -2.67. The third-order valence-corrected chi connectivity index (χ3v) is 6.17. The van der Waals surface area contributed by atoms with Crippen LogP contribution >= 0.6 is 0 Å². The first-order valence-electron chi connectivity index (χ1n) is 10.7. The number of fused-ring (bicyclic) bond motifs is 1. The lowest BCUT2D eigenvalue weighted by molar-refractivity contribution is 0.0445. The fourth-order valence-corrected chi connectivity index (χ4v) is 4.74. The Bertz CT molecular complexity index is 900. The lowest BCUT2D eigenvalue weighted by Gasteiger charge is -2.32. The quantitative estimate of drug-likeness (QED) is 0.799. The summed E-state index contributed by atoms with van der Waals surface area (Å²) in [6, 6.07) is 8.25. The van der Waals surface area contributed by atoms with Gasteiger partial charge in [-0.05, 0) is 75.5 Å². The van der Waals surface area contributed by atoms with E-state index in [1.807, 2.05) is 26.0 Å². The van der Waals surface area contributed by atoms with E-state index < -0.39 is 5.60 Å². The molecule has 160 valence electrons. The van der Waals surface area contributed by atoms with Crippen molar-refractivity contribution in [3.05, 3.63) is 41.7 Å². The molecule has 0 atom stereocenters. The zero-order chi connectivity index (χ0) is 21.3. The zero-order valence-electron chi connectivity index (χ0n) is 17.7. The molecule has 0 unspecified atom stereocenters. The molecule has 1 fully saturated rings. The predicted octanol–water partition coefficient (Wildman–Crippen LogP) is 3.53. The molecule has 3 N–H and O–H groups in total. The van der Waals surface area contributed by atoms with Gasteiger partial charge in [-0.15, -0.1) is 0 Å². The smallest absolute Gasteiger partial charge is 0.267 e. The molecule has 4 rings (SSSR count). The van der Waals surface area contributed by atoms with Gasteiger partial charge in [-0.3, -0.25) is 4.79 Å². The van der Waals surface area contributed by atoms with Gasteiger partial charge in [0.15, 0.2) is 0 Å². The molecule has 1 aliphatic carbocycles. The summed E-state index contributed by atoms with van der Waals surface area (Å²) in [6.07, 6.45) is 6.74. The largest absolute Gasteiger partial charge is 0.475 e. The standard InChI is InChI=1S/C23H30N4O3/c1-23(2,29)13-15-3-5-16(6-4-15)17-7-9-18(10-8-17)27-11-12-30-21-19(22(27)28)20(24)25-14-26-21/h7-10,14-16,29H,3-6,11-13H2,1-2H3,(H2,24,25,26). The molecule has 1 aromatic heterocycles. The van der Waals surface area contributed by atoms with Crippen LogP contribution in [0.4, 0.5) is 11.5 Å². The first kappa shape index (κ1) is 20.6. The Morgan fingerprint density at radius 3 is 2.53 bits per heavy atom. The number of nitrogen functional groups attached to an aromatic ring is 1. The lowest BCUT2D eigenvalue weighted by atomic mass is 9.75. The SMILES string of the molecule is CC(C)(O)CC1CCC(c2ccc(N3CCOc4ncnc(N)c4C3=O)cc2)CC1. The van der Waals surface area contributed by atoms with Crippen molar-refractivity contribution in [2.45, 2.75) is 57.5 Å². The number of nitrogens with zero attached hydrogens (tertiary/aromatic N) is 3.